The van der Waals surface area contributed by atoms with E-state index >= 15 is 0 Å². The van der Waals surface area contributed by atoms with Gasteiger partial charge in [-0.1, -0.05) is 6.07 Å². The Kier molecular flexibility index (Phi) is 5.44. The van der Waals surface area contributed by atoms with Crippen LogP contribution in [0.25, 0.3) is 0 Å². The van der Waals surface area contributed by atoms with Gasteiger partial charge < -0.3 is 9.30 Å². The van der Waals surface area contributed by atoms with Crippen LogP contribution in [0.3, 0.4) is 0 Å². The average molecular weight is 380 g/mol. The molecule has 2 rings (SSSR count). The number of aryl methyl sites for hydroxylation is 3. The zero-order valence-corrected chi connectivity index (χ0v) is 14.7. The van der Waals surface area contributed by atoms with Gasteiger partial charge in [0, 0.05) is 17.7 Å². The summed E-state index contributed by atoms with van der Waals surface area (Å²) in [7, 11) is 1.74. The summed E-state index contributed by atoms with van der Waals surface area (Å²) in [6.45, 7) is 3.80. The second-order valence-electron chi connectivity index (χ2n) is 5.19. The number of hydrazine groups is 1. The molecule has 0 atom stereocenters. The van der Waals surface area contributed by atoms with E-state index in [4.69, 9.17) is 4.74 Å². The van der Waals surface area contributed by atoms with Gasteiger partial charge in [-0.3, -0.25) is 20.4 Å². The number of hydrogen-bond acceptors (Lipinski definition) is 3. The molecule has 1 heterocycles. The van der Waals surface area contributed by atoms with Gasteiger partial charge in [-0.2, -0.15) is 0 Å². The molecule has 0 aliphatic rings. The second-order valence-corrected chi connectivity index (χ2v) is 6.11. The van der Waals surface area contributed by atoms with E-state index in [2.05, 4.69) is 26.8 Å². The third-order valence-electron chi connectivity index (χ3n) is 3.37. The number of aromatic nitrogens is 1. The Hall–Kier alpha value is -2.28. The highest BCUT2D eigenvalue weighted by atomic mass is 79.9. The minimum Gasteiger partial charge on any atom is -0.484 e. The van der Waals surface area contributed by atoms with Gasteiger partial charge in [-0.25, -0.2) is 0 Å². The van der Waals surface area contributed by atoms with Crippen molar-refractivity contribution in [2.75, 3.05) is 6.61 Å². The van der Waals surface area contributed by atoms with Crippen molar-refractivity contribution in [1.29, 1.82) is 0 Å². The van der Waals surface area contributed by atoms with Gasteiger partial charge >= 0.3 is 0 Å². The van der Waals surface area contributed by atoms with Crippen LogP contribution < -0.4 is 15.6 Å². The van der Waals surface area contributed by atoms with E-state index < -0.39 is 11.8 Å². The van der Waals surface area contributed by atoms with Gasteiger partial charge in [-0.05, 0) is 59.1 Å². The van der Waals surface area contributed by atoms with Crippen LogP contribution in [0.15, 0.2) is 34.9 Å². The van der Waals surface area contributed by atoms with Crippen molar-refractivity contribution in [1.82, 2.24) is 15.4 Å². The van der Waals surface area contributed by atoms with Crippen molar-refractivity contribution in [2.24, 2.45) is 7.05 Å². The topological polar surface area (TPSA) is 72.4 Å². The van der Waals surface area contributed by atoms with Crippen LogP contribution in [0.4, 0.5) is 0 Å². The second kappa shape index (κ2) is 7.32. The van der Waals surface area contributed by atoms with E-state index in [-0.39, 0.29) is 6.61 Å². The number of carbonyl (C=O) groups is 2. The number of nitrogens with one attached hydrogen (secondary N) is 2. The summed E-state index contributed by atoms with van der Waals surface area (Å²) in [5.41, 5.74) is 7.34. The fraction of sp³-hybridized carbons (Fsp3) is 0.250. The van der Waals surface area contributed by atoms with Crippen molar-refractivity contribution in [3.8, 4) is 5.75 Å². The zero-order valence-electron chi connectivity index (χ0n) is 13.1. The Balaban J connectivity index is 1.82. The van der Waals surface area contributed by atoms with Crippen LogP contribution >= 0.6 is 15.9 Å². The summed E-state index contributed by atoms with van der Waals surface area (Å²) in [5, 5.41) is 0. The van der Waals surface area contributed by atoms with Gasteiger partial charge in [-0.15, -0.1) is 0 Å². The lowest BCUT2D eigenvalue weighted by molar-refractivity contribution is -0.123. The van der Waals surface area contributed by atoms with Gasteiger partial charge in [0.25, 0.3) is 11.8 Å². The number of rotatable bonds is 4. The number of hydrogen-bond donors (Lipinski definition) is 2. The molecule has 1 aromatic heterocycles. The van der Waals surface area contributed by atoms with Crippen molar-refractivity contribution in [3.63, 3.8) is 0 Å². The van der Waals surface area contributed by atoms with Crippen molar-refractivity contribution in [3.05, 3.63) is 51.8 Å². The molecule has 0 aliphatic carbocycles. The first-order valence-electron chi connectivity index (χ1n) is 6.98. The third kappa shape index (κ3) is 4.59. The molecule has 0 unspecified atom stereocenters. The molecular weight excluding hydrogens is 362 g/mol. The largest absolute Gasteiger partial charge is 0.484 e. The summed E-state index contributed by atoms with van der Waals surface area (Å²) in [5.74, 6) is -0.233. The standard InChI is InChI=1S/C16H18BrN3O3/c1-10-4-5-13(6-11(10)2)23-9-15(21)18-19-16(22)14-7-12(17)8-20(14)3/h4-8H,9H2,1-3H3,(H,18,21)(H,19,22). The molecule has 6 nitrogen and oxygen atoms in total. The molecular formula is C16H18BrN3O3. The van der Waals surface area contributed by atoms with E-state index in [1.165, 1.54) is 0 Å². The Labute approximate surface area is 142 Å². The highest BCUT2D eigenvalue weighted by Crippen LogP contribution is 2.16. The maximum atomic E-state index is 11.9. The van der Waals surface area contributed by atoms with Crippen LogP contribution in [-0.4, -0.2) is 23.0 Å². The first kappa shape index (κ1) is 17.1. The van der Waals surface area contributed by atoms with E-state index in [0.29, 0.717) is 11.4 Å². The molecule has 0 spiro atoms. The molecule has 0 saturated carbocycles. The molecule has 0 radical (unpaired) electrons. The number of ether oxygens (including phenoxy) is 1. The normalized spacial score (nSPS) is 10.3. The summed E-state index contributed by atoms with van der Waals surface area (Å²) >= 11 is 3.28. The molecule has 2 aromatic rings. The molecule has 23 heavy (non-hydrogen) atoms. The fourth-order valence-corrected chi connectivity index (χ4v) is 2.45. The minimum atomic E-state index is -0.440. The Morgan fingerprint density at radius 2 is 1.91 bits per heavy atom. The van der Waals surface area contributed by atoms with Gasteiger partial charge in [0.1, 0.15) is 11.4 Å². The highest BCUT2D eigenvalue weighted by Gasteiger charge is 2.12. The number of halogens is 1. The van der Waals surface area contributed by atoms with E-state index in [1.807, 2.05) is 26.0 Å². The average Bonchev–Trinajstić information content (AvgIpc) is 2.84. The Bertz CT molecular complexity index is 740. The van der Waals surface area contributed by atoms with E-state index in [0.717, 1.165) is 15.6 Å². The SMILES string of the molecule is Cc1ccc(OCC(=O)NNC(=O)c2cc(Br)cn2C)cc1C. The summed E-state index contributed by atoms with van der Waals surface area (Å²) < 4.78 is 7.83. The molecule has 0 saturated heterocycles. The number of nitrogens with zero attached hydrogens (tertiary/aromatic N) is 1. The lowest BCUT2D eigenvalue weighted by atomic mass is 10.1. The first-order chi connectivity index (χ1) is 10.9. The summed E-state index contributed by atoms with van der Waals surface area (Å²) in [4.78, 5) is 23.7. The van der Waals surface area contributed by atoms with Crippen LogP contribution in [0.5, 0.6) is 5.75 Å². The zero-order chi connectivity index (χ0) is 17.0. The first-order valence-corrected chi connectivity index (χ1v) is 7.77. The molecule has 0 aliphatic heterocycles. The van der Waals surface area contributed by atoms with Crippen molar-refractivity contribution < 1.29 is 14.3 Å². The lowest BCUT2D eigenvalue weighted by Gasteiger charge is -2.10. The molecule has 7 heteroatoms. The number of carbonyl (C=O) groups excluding carboxylic acids is 2. The predicted molar refractivity (Wildman–Crippen MR) is 90.1 cm³/mol. The molecule has 2 N–H and O–H groups in total. The summed E-state index contributed by atoms with van der Waals surface area (Å²) in [6, 6.07) is 7.25. The van der Waals surface area contributed by atoms with Gasteiger partial charge in [0.2, 0.25) is 0 Å². The van der Waals surface area contributed by atoms with E-state index in [1.54, 1.807) is 29.9 Å². The Morgan fingerprint density at radius 1 is 1.17 bits per heavy atom. The maximum absolute atomic E-state index is 11.9. The molecule has 0 fully saturated rings. The molecule has 1 aromatic carbocycles. The van der Waals surface area contributed by atoms with Crippen LogP contribution in [0.2, 0.25) is 0 Å². The smallest absolute Gasteiger partial charge is 0.286 e. The number of benzene rings is 1. The minimum absolute atomic E-state index is 0.181. The Morgan fingerprint density at radius 3 is 2.52 bits per heavy atom. The van der Waals surface area contributed by atoms with Crippen LogP contribution in [-0.2, 0) is 11.8 Å². The maximum Gasteiger partial charge on any atom is 0.286 e. The summed E-state index contributed by atoms with van der Waals surface area (Å²) in [6.07, 6.45) is 1.75. The quantitative estimate of drug-likeness (QED) is 0.800. The molecule has 122 valence electrons. The molecule has 0 bridgehead atoms. The molecule has 2 amide bonds. The third-order valence-corrected chi connectivity index (χ3v) is 3.80. The van der Waals surface area contributed by atoms with Crippen LogP contribution in [0, 0.1) is 13.8 Å². The van der Waals surface area contributed by atoms with Gasteiger partial charge in [0.05, 0.1) is 0 Å². The lowest BCUT2D eigenvalue weighted by Crippen LogP contribution is -2.44. The van der Waals surface area contributed by atoms with Crippen molar-refractivity contribution in [2.45, 2.75) is 13.8 Å². The number of amides is 2. The highest BCUT2D eigenvalue weighted by molar-refractivity contribution is 9.10. The fourth-order valence-electron chi connectivity index (χ4n) is 1.93. The van der Waals surface area contributed by atoms with Gasteiger partial charge in [0.15, 0.2) is 6.61 Å². The van der Waals surface area contributed by atoms with E-state index in [9.17, 15) is 9.59 Å². The van der Waals surface area contributed by atoms with Crippen molar-refractivity contribution >= 4 is 27.7 Å². The van der Waals surface area contributed by atoms with Crippen LogP contribution in [0.1, 0.15) is 21.6 Å². The predicted octanol–water partition coefficient (Wildman–Crippen LogP) is 2.24. The monoisotopic (exact) mass is 379 g/mol.